The molecule has 0 radical (unpaired) electrons. The molecule has 0 aliphatic carbocycles. The summed E-state index contributed by atoms with van der Waals surface area (Å²) < 4.78 is 2.38. The van der Waals surface area contributed by atoms with Gasteiger partial charge in [0.25, 0.3) is 0 Å². The van der Waals surface area contributed by atoms with E-state index >= 15 is 0 Å². The van der Waals surface area contributed by atoms with Crippen molar-refractivity contribution in [2.75, 3.05) is 0 Å². The molecule has 0 atom stereocenters. The normalized spacial score (nSPS) is 14.0. The van der Waals surface area contributed by atoms with Crippen LogP contribution in [0, 0.1) is 0 Å². The van der Waals surface area contributed by atoms with Gasteiger partial charge in [0.2, 0.25) is 0 Å². The lowest BCUT2D eigenvalue weighted by molar-refractivity contribution is 1.25. The Kier molecular flexibility index (Phi) is 6.38. The van der Waals surface area contributed by atoms with Crippen molar-refractivity contribution in [3.63, 3.8) is 0 Å². The highest BCUT2D eigenvalue weighted by Crippen LogP contribution is 2.44. The summed E-state index contributed by atoms with van der Waals surface area (Å²) in [5, 5.41) is 10.3. The maximum Gasteiger partial charge on any atom is 0.160 e. The molecule has 4 heteroatoms. The fourth-order valence-corrected chi connectivity index (χ4v) is 8.31. The van der Waals surface area contributed by atoms with E-state index in [4.69, 9.17) is 21.6 Å². The molecular formula is C42H27ClN2S. The predicted octanol–water partition coefficient (Wildman–Crippen LogP) is 12.2. The van der Waals surface area contributed by atoms with Gasteiger partial charge in [0.15, 0.2) is 5.84 Å². The SMILES string of the molecule is CC1=C(c2ccc(Cl)c3c2sc2cc4ccccc4cc23)N=C(c2ccc3ccccc3c2)N=C(c2ccc3ccccc3c2)C1. The van der Waals surface area contributed by atoms with E-state index < -0.39 is 0 Å². The maximum atomic E-state index is 6.97. The molecule has 7 aromatic carbocycles. The molecule has 0 fully saturated rings. The lowest BCUT2D eigenvalue weighted by atomic mass is 9.97. The van der Waals surface area contributed by atoms with Crippen molar-refractivity contribution in [2.24, 2.45) is 9.98 Å². The molecular weight excluding hydrogens is 600 g/mol. The number of benzene rings is 7. The van der Waals surface area contributed by atoms with E-state index in [1.54, 1.807) is 11.3 Å². The van der Waals surface area contributed by atoms with Crippen LogP contribution in [0.5, 0.6) is 0 Å². The van der Waals surface area contributed by atoms with E-state index in [1.165, 1.54) is 48.0 Å². The van der Waals surface area contributed by atoms with Crippen molar-refractivity contribution < 1.29 is 0 Å². The predicted molar refractivity (Wildman–Crippen MR) is 200 cm³/mol. The summed E-state index contributed by atoms with van der Waals surface area (Å²) in [6.07, 6.45) is 0.688. The van der Waals surface area contributed by atoms with Gasteiger partial charge in [-0.25, -0.2) is 9.98 Å². The smallest absolute Gasteiger partial charge is 0.160 e. The molecule has 1 aromatic heterocycles. The summed E-state index contributed by atoms with van der Waals surface area (Å²) in [4.78, 5) is 10.8. The first-order valence-electron chi connectivity index (χ1n) is 15.5. The van der Waals surface area contributed by atoms with E-state index in [9.17, 15) is 0 Å². The number of fused-ring (bicyclic) bond motifs is 6. The number of nitrogens with zero attached hydrogens (tertiary/aromatic N) is 2. The summed E-state index contributed by atoms with van der Waals surface area (Å²) in [6.45, 7) is 2.20. The minimum Gasteiger partial charge on any atom is -0.232 e. The Morgan fingerprint density at radius 3 is 1.87 bits per heavy atom. The first kappa shape index (κ1) is 27.2. The molecule has 2 nitrogen and oxygen atoms in total. The van der Waals surface area contributed by atoms with E-state index in [-0.39, 0.29) is 0 Å². The molecule has 0 unspecified atom stereocenters. The Labute approximate surface area is 275 Å². The molecule has 0 saturated carbocycles. The van der Waals surface area contributed by atoms with Crippen LogP contribution in [-0.4, -0.2) is 11.5 Å². The van der Waals surface area contributed by atoms with Gasteiger partial charge in [-0.1, -0.05) is 109 Å². The molecule has 8 aromatic rings. The largest absolute Gasteiger partial charge is 0.232 e. The molecule has 0 saturated heterocycles. The first-order chi connectivity index (χ1) is 22.6. The van der Waals surface area contributed by atoms with Crippen molar-refractivity contribution in [1.82, 2.24) is 0 Å². The zero-order valence-corrected chi connectivity index (χ0v) is 26.7. The average molecular weight is 627 g/mol. The summed E-state index contributed by atoms with van der Waals surface area (Å²) >= 11 is 8.76. The van der Waals surface area contributed by atoms with Crippen LogP contribution < -0.4 is 0 Å². The lowest BCUT2D eigenvalue weighted by Gasteiger charge is -2.10. The van der Waals surface area contributed by atoms with Crippen LogP contribution in [0.15, 0.2) is 149 Å². The van der Waals surface area contributed by atoms with Gasteiger partial charge >= 0.3 is 0 Å². The van der Waals surface area contributed by atoms with Crippen molar-refractivity contribution in [3.05, 3.63) is 161 Å². The number of aliphatic imine (C=N–C) groups is 2. The summed E-state index contributed by atoms with van der Waals surface area (Å²) in [7, 11) is 0. The molecule has 9 rings (SSSR count). The van der Waals surface area contributed by atoms with Crippen molar-refractivity contribution in [2.45, 2.75) is 13.3 Å². The molecule has 0 bridgehead atoms. The van der Waals surface area contributed by atoms with Crippen LogP contribution in [0.1, 0.15) is 30.0 Å². The second-order valence-corrected chi connectivity index (χ2v) is 13.5. The Bertz CT molecular complexity index is 2640. The third-order valence-electron chi connectivity index (χ3n) is 9.08. The molecule has 1 aliphatic heterocycles. The number of hydrogen-bond donors (Lipinski definition) is 0. The van der Waals surface area contributed by atoms with Gasteiger partial charge in [-0.2, -0.15) is 0 Å². The highest BCUT2D eigenvalue weighted by molar-refractivity contribution is 7.26. The summed E-state index contributed by atoms with van der Waals surface area (Å²) in [5.74, 6) is 0.718. The van der Waals surface area contributed by atoms with Crippen molar-refractivity contribution in [1.29, 1.82) is 0 Å². The minimum absolute atomic E-state index is 0.688. The number of halogens is 1. The van der Waals surface area contributed by atoms with Crippen LogP contribution in [0.4, 0.5) is 0 Å². The first-order valence-corrected chi connectivity index (χ1v) is 16.7. The van der Waals surface area contributed by atoms with Gasteiger partial charge in [0.1, 0.15) is 0 Å². The number of rotatable bonds is 3. The van der Waals surface area contributed by atoms with E-state index in [2.05, 4.69) is 134 Å². The molecule has 218 valence electrons. The van der Waals surface area contributed by atoms with Gasteiger partial charge in [0, 0.05) is 42.7 Å². The van der Waals surface area contributed by atoms with Gasteiger partial charge in [-0.3, -0.25) is 0 Å². The standard InChI is InChI=1S/C42H27ClN2S/c1-25-20-37(32-16-14-26-8-2-4-10-28(26)21-32)44-42(33-17-15-27-9-3-5-11-29(27)22-33)45-40(25)34-18-19-36(43)39-35-23-30-12-6-7-13-31(30)24-38(35)46-41(34)39/h2-19,21-24H,20H2,1H3. The Hall–Kier alpha value is -5.09. The molecule has 46 heavy (non-hydrogen) atoms. The Morgan fingerprint density at radius 2 is 1.17 bits per heavy atom. The van der Waals surface area contributed by atoms with Crippen LogP contribution >= 0.6 is 22.9 Å². The summed E-state index contributed by atoms with van der Waals surface area (Å²) in [6, 6.07) is 47.3. The summed E-state index contributed by atoms with van der Waals surface area (Å²) in [5.41, 5.74) is 6.35. The monoisotopic (exact) mass is 626 g/mol. The maximum absolute atomic E-state index is 6.97. The Balaban J connectivity index is 1.28. The van der Waals surface area contributed by atoms with Gasteiger partial charge in [-0.15, -0.1) is 11.3 Å². The van der Waals surface area contributed by atoms with Crippen molar-refractivity contribution >= 4 is 92.7 Å². The zero-order valence-electron chi connectivity index (χ0n) is 25.1. The Morgan fingerprint density at radius 1 is 0.587 bits per heavy atom. The minimum atomic E-state index is 0.688. The number of allylic oxidation sites excluding steroid dienone is 1. The van der Waals surface area contributed by atoms with Crippen molar-refractivity contribution in [3.8, 4) is 0 Å². The van der Waals surface area contributed by atoms with Crippen LogP contribution in [0.3, 0.4) is 0 Å². The van der Waals surface area contributed by atoms with E-state index in [0.717, 1.165) is 49.0 Å². The quantitative estimate of drug-likeness (QED) is 0.186. The third kappa shape index (κ3) is 4.55. The second-order valence-electron chi connectivity index (χ2n) is 12.0. The fourth-order valence-electron chi connectivity index (χ4n) is 6.72. The second kappa shape index (κ2) is 10.8. The molecule has 0 spiro atoms. The lowest BCUT2D eigenvalue weighted by Crippen LogP contribution is -2.06. The van der Waals surface area contributed by atoms with Crippen LogP contribution in [-0.2, 0) is 0 Å². The molecule has 0 amide bonds. The third-order valence-corrected chi connectivity index (χ3v) is 10.6. The van der Waals surface area contributed by atoms with Gasteiger partial charge in [0.05, 0.1) is 11.4 Å². The number of thiophene rings is 1. The molecule has 0 N–H and O–H groups in total. The molecule has 2 heterocycles. The number of amidine groups is 1. The van der Waals surface area contributed by atoms with E-state index in [0.29, 0.717) is 6.42 Å². The highest BCUT2D eigenvalue weighted by Gasteiger charge is 2.22. The van der Waals surface area contributed by atoms with Gasteiger partial charge in [-0.05, 0) is 86.8 Å². The highest BCUT2D eigenvalue weighted by atomic mass is 35.5. The number of hydrogen-bond acceptors (Lipinski definition) is 3. The van der Waals surface area contributed by atoms with Gasteiger partial charge < -0.3 is 0 Å². The average Bonchev–Trinajstić information content (AvgIpc) is 3.38. The van der Waals surface area contributed by atoms with E-state index in [1.807, 2.05) is 6.07 Å². The zero-order chi connectivity index (χ0) is 30.8. The van der Waals surface area contributed by atoms with Crippen LogP contribution in [0.2, 0.25) is 5.02 Å². The molecule has 1 aliphatic rings. The topological polar surface area (TPSA) is 24.7 Å². The fraction of sp³-hybridized carbons (Fsp3) is 0.0476. The van der Waals surface area contributed by atoms with Crippen LogP contribution in [0.25, 0.3) is 58.2 Å².